The van der Waals surface area contributed by atoms with Crippen molar-refractivity contribution in [3.63, 3.8) is 0 Å². The quantitative estimate of drug-likeness (QED) is 0.749. The van der Waals surface area contributed by atoms with Crippen LogP contribution in [0.25, 0.3) is 0 Å². The van der Waals surface area contributed by atoms with E-state index in [1.807, 2.05) is 12.3 Å². The Bertz CT molecular complexity index is 369. The van der Waals surface area contributed by atoms with Gasteiger partial charge in [-0.1, -0.05) is 11.6 Å². The van der Waals surface area contributed by atoms with E-state index in [0.29, 0.717) is 0 Å². The second-order valence-corrected chi connectivity index (χ2v) is 4.26. The summed E-state index contributed by atoms with van der Waals surface area (Å²) in [6.45, 7) is 2.08. The lowest BCUT2D eigenvalue weighted by Crippen LogP contribution is -2.16. The minimum absolute atomic E-state index is 0.00481. The predicted octanol–water partition coefficient (Wildman–Crippen LogP) is 2.89. The SMILES string of the molecule is Cc1ccnc(C(N)C2=CCCCC2)c1. The van der Waals surface area contributed by atoms with E-state index >= 15 is 0 Å². The van der Waals surface area contributed by atoms with Crippen LogP contribution < -0.4 is 5.73 Å². The Morgan fingerprint density at radius 1 is 1.40 bits per heavy atom. The molecule has 80 valence electrons. The molecule has 1 unspecified atom stereocenters. The van der Waals surface area contributed by atoms with Crippen LogP contribution in [0.1, 0.15) is 43.0 Å². The summed E-state index contributed by atoms with van der Waals surface area (Å²) < 4.78 is 0. The zero-order chi connectivity index (χ0) is 10.7. The van der Waals surface area contributed by atoms with Crippen molar-refractivity contribution in [2.24, 2.45) is 5.73 Å². The number of aromatic nitrogens is 1. The first kappa shape index (κ1) is 10.4. The van der Waals surface area contributed by atoms with Gasteiger partial charge in [-0.3, -0.25) is 4.98 Å². The Balaban J connectivity index is 2.19. The van der Waals surface area contributed by atoms with Gasteiger partial charge in [0, 0.05) is 6.20 Å². The molecule has 1 aromatic heterocycles. The summed E-state index contributed by atoms with van der Waals surface area (Å²) in [5.74, 6) is 0. The highest BCUT2D eigenvalue weighted by atomic mass is 14.8. The molecule has 0 saturated heterocycles. The highest BCUT2D eigenvalue weighted by Gasteiger charge is 2.14. The summed E-state index contributed by atoms with van der Waals surface area (Å²) in [7, 11) is 0. The molecular weight excluding hydrogens is 184 g/mol. The fourth-order valence-corrected chi connectivity index (χ4v) is 2.07. The molecule has 0 fully saturated rings. The predicted molar refractivity (Wildman–Crippen MR) is 62.5 cm³/mol. The molecule has 2 heteroatoms. The molecule has 0 aromatic carbocycles. The van der Waals surface area contributed by atoms with Crippen LogP contribution in [0.2, 0.25) is 0 Å². The van der Waals surface area contributed by atoms with Gasteiger partial charge in [-0.25, -0.2) is 0 Å². The Morgan fingerprint density at radius 3 is 2.93 bits per heavy atom. The maximum Gasteiger partial charge on any atom is 0.0685 e. The van der Waals surface area contributed by atoms with Crippen molar-refractivity contribution >= 4 is 0 Å². The van der Waals surface area contributed by atoms with Crippen LogP contribution in [0, 0.1) is 6.92 Å². The molecule has 0 bridgehead atoms. The van der Waals surface area contributed by atoms with Crippen LogP contribution in [-0.2, 0) is 0 Å². The lowest BCUT2D eigenvalue weighted by atomic mass is 9.92. The molecule has 0 aliphatic heterocycles. The van der Waals surface area contributed by atoms with Gasteiger partial charge in [-0.15, -0.1) is 0 Å². The van der Waals surface area contributed by atoms with Gasteiger partial charge in [0.25, 0.3) is 0 Å². The molecule has 0 radical (unpaired) electrons. The molecule has 15 heavy (non-hydrogen) atoms. The summed E-state index contributed by atoms with van der Waals surface area (Å²) in [5, 5.41) is 0. The summed E-state index contributed by atoms with van der Waals surface area (Å²) in [6, 6.07) is 4.09. The maximum atomic E-state index is 6.21. The summed E-state index contributed by atoms with van der Waals surface area (Å²) in [4.78, 5) is 4.35. The maximum absolute atomic E-state index is 6.21. The van der Waals surface area contributed by atoms with E-state index in [2.05, 4.69) is 24.1 Å². The average Bonchev–Trinajstić information content (AvgIpc) is 2.29. The van der Waals surface area contributed by atoms with Gasteiger partial charge in [0.05, 0.1) is 11.7 Å². The van der Waals surface area contributed by atoms with E-state index in [1.54, 1.807) is 0 Å². The smallest absolute Gasteiger partial charge is 0.0685 e. The standard InChI is InChI=1S/C13H18N2/c1-10-7-8-15-12(9-10)13(14)11-5-3-2-4-6-11/h5,7-9,13H,2-4,6,14H2,1H3. The molecule has 2 nitrogen and oxygen atoms in total. The fourth-order valence-electron chi connectivity index (χ4n) is 2.07. The zero-order valence-electron chi connectivity index (χ0n) is 9.24. The Labute approximate surface area is 91.2 Å². The lowest BCUT2D eigenvalue weighted by molar-refractivity contribution is 0.641. The van der Waals surface area contributed by atoms with E-state index in [9.17, 15) is 0 Å². The zero-order valence-corrected chi connectivity index (χ0v) is 9.24. The van der Waals surface area contributed by atoms with Gasteiger partial charge in [-0.05, 0) is 50.3 Å². The Morgan fingerprint density at radius 2 is 2.27 bits per heavy atom. The van der Waals surface area contributed by atoms with Crippen molar-refractivity contribution < 1.29 is 0 Å². The first-order valence-electron chi connectivity index (χ1n) is 5.64. The molecule has 1 aromatic rings. The largest absolute Gasteiger partial charge is 0.319 e. The van der Waals surface area contributed by atoms with Crippen LogP contribution >= 0.6 is 0 Å². The van der Waals surface area contributed by atoms with Crippen LogP contribution in [0.15, 0.2) is 30.0 Å². The number of hydrogen-bond donors (Lipinski definition) is 1. The van der Waals surface area contributed by atoms with E-state index in [1.165, 1.54) is 30.4 Å². The summed E-state index contributed by atoms with van der Waals surface area (Å²) in [6.07, 6.45) is 9.01. The van der Waals surface area contributed by atoms with Crippen LogP contribution in [0.3, 0.4) is 0 Å². The van der Waals surface area contributed by atoms with Gasteiger partial charge in [0.15, 0.2) is 0 Å². The number of nitrogens with two attached hydrogens (primary N) is 1. The van der Waals surface area contributed by atoms with Gasteiger partial charge in [0.1, 0.15) is 0 Å². The molecule has 0 amide bonds. The third-order valence-corrected chi connectivity index (χ3v) is 2.98. The first-order valence-corrected chi connectivity index (χ1v) is 5.64. The van der Waals surface area contributed by atoms with E-state index < -0.39 is 0 Å². The van der Waals surface area contributed by atoms with Crippen LogP contribution in [0.5, 0.6) is 0 Å². The molecule has 1 heterocycles. The lowest BCUT2D eigenvalue weighted by Gasteiger charge is -2.19. The number of nitrogens with zero attached hydrogens (tertiary/aromatic N) is 1. The van der Waals surface area contributed by atoms with E-state index in [-0.39, 0.29) is 6.04 Å². The first-order chi connectivity index (χ1) is 7.27. The monoisotopic (exact) mass is 202 g/mol. The van der Waals surface area contributed by atoms with Crippen molar-refractivity contribution in [3.8, 4) is 0 Å². The number of rotatable bonds is 2. The molecule has 2 N–H and O–H groups in total. The highest BCUT2D eigenvalue weighted by Crippen LogP contribution is 2.27. The van der Waals surface area contributed by atoms with E-state index in [0.717, 1.165) is 12.1 Å². The van der Waals surface area contributed by atoms with Crippen molar-refractivity contribution in [3.05, 3.63) is 41.2 Å². The Hall–Kier alpha value is -1.15. The number of pyridine rings is 1. The number of allylic oxidation sites excluding steroid dienone is 1. The van der Waals surface area contributed by atoms with Crippen molar-refractivity contribution in [1.29, 1.82) is 0 Å². The fraction of sp³-hybridized carbons (Fsp3) is 0.462. The van der Waals surface area contributed by atoms with Crippen LogP contribution in [-0.4, -0.2) is 4.98 Å². The number of aryl methyl sites for hydroxylation is 1. The summed E-state index contributed by atoms with van der Waals surface area (Å²) >= 11 is 0. The third-order valence-electron chi connectivity index (χ3n) is 2.98. The summed E-state index contributed by atoms with van der Waals surface area (Å²) in [5.41, 5.74) is 9.80. The third kappa shape index (κ3) is 2.45. The number of hydrogen-bond acceptors (Lipinski definition) is 2. The van der Waals surface area contributed by atoms with Crippen LogP contribution in [0.4, 0.5) is 0 Å². The molecular formula is C13H18N2. The molecule has 1 atom stereocenters. The highest BCUT2D eigenvalue weighted by molar-refractivity contribution is 5.25. The minimum atomic E-state index is 0.00481. The van der Waals surface area contributed by atoms with Gasteiger partial charge in [0.2, 0.25) is 0 Å². The molecule has 0 spiro atoms. The van der Waals surface area contributed by atoms with E-state index in [4.69, 9.17) is 5.73 Å². The molecule has 1 aliphatic carbocycles. The Kier molecular flexibility index (Phi) is 3.17. The molecule has 1 aliphatic rings. The molecule has 2 rings (SSSR count). The second-order valence-electron chi connectivity index (χ2n) is 4.26. The van der Waals surface area contributed by atoms with Gasteiger partial charge < -0.3 is 5.73 Å². The van der Waals surface area contributed by atoms with Gasteiger partial charge >= 0.3 is 0 Å². The van der Waals surface area contributed by atoms with Crippen molar-refractivity contribution in [2.45, 2.75) is 38.6 Å². The van der Waals surface area contributed by atoms with Crippen molar-refractivity contribution in [2.75, 3.05) is 0 Å². The normalized spacial score (nSPS) is 18.4. The minimum Gasteiger partial charge on any atom is -0.319 e. The average molecular weight is 202 g/mol. The van der Waals surface area contributed by atoms with Crippen molar-refractivity contribution in [1.82, 2.24) is 4.98 Å². The van der Waals surface area contributed by atoms with Gasteiger partial charge in [-0.2, -0.15) is 0 Å². The second kappa shape index (κ2) is 4.58. The molecule has 0 saturated carbocycles. The topological polar surface area (TPSA) is 38.9 Å².